The van der Waals surface area contributed by atoms with E-state index in [-0.39, 0.29) is 11.7 Å². The summed E-state index contributed by atoms with van der Waals surface area (Å²) >= 11 is 0. The molecule has 0 radical (unpaired) electrons. The second-order valence-electron chi connectivity index (χ2n) is 5.21. The Kier molecular flexibility index (Phi) is 5.55. The van der Waals surface area contributed by atoms with Crippen molar-refractivity contribution in [3.8, 4) is 0 Å². The molecule has 1 aromatic carbocycles. The Morgan fingerprint density at radius 1 is 1.26 bits per heavy atom. The molecule has 19 heavy (non-hydrogen) atoms. The predicted octanol–water partition coefficient (Wildman–Crippen LogP) is 2.71. The Bertz CT molecular complexity index is 388. The normalized spacial score (nSPS) is 21.3. The van der Waals surface area contributed by atoms with Crippen LogP contribution >= 0.6 is 0 Å². The molecule has 1 N–H and O–H groups in total. The minimum Gasteiger partial charge on any atom is -0.392 e. The zero-order valence-corrected chi connectivity index (χ0v) is 11.3. The molecule has 1 fully saturated rings. The SMILES string of the molecule is O=C1CCCC[C@H]1[C@@H](O)CCOCc1ccccc1. The van der Waals surface area contributed by atoms with Gasteiger partial charge in [0.15, 0.2) is 0 Å². The lowest BCUT2D eigenvalue weighted by Gasteiger charge is -2.25. The molecule has 0 aliphatic heterocycles. The molecule has 1 aliphatic rings. The Morgan fingerprint density at radius 2 is 2.05 bits per heavy atom. The maximum absolute atomic E-state index is 11.7. The highest BCUT2D eigenvalue weighted by molar-refractivity contribution is 5.82. The molecule has 0 spiro atoms. The number of aliphatic hydroxyl groups excluding tert-OH is 1. The number of ketones is 1. The van der Waals surface area contributed by atoms with Gasteiger partial charge in [0.25, 0.3) is 0 Å². The van der Waals surface area contributed by atoms with Crippen molar-refractivity contribution in [2.45, 2.75) is 44.8 Å². The number of carbonyl (C=O) groups excluding carboxylic acids is 1. The summed E-state index contributed by atoms with van der Waals surface area (Å²) < 4.78 is 5.55. The van der Waals surface area contributed by atoms with E-state index in [2.05, 4.69) is 0 Å². The maximum atomic E-state index is 11.7. The van der Waals surface area contributed by atoms with Gasteiger partial charge >= 0.3 is 0 Å². The van der Waals surface area contributed by atoms with Gasteiger partial charge in [0.05, 0.1) is 12.7 Å². The van der Waals surface area contributed by atoms with Crippen molar-refractivity contribution in [2.24, 2.45) is 5.92 Å². The van der Waals surface area contributed by atoms with Crippen LogP contribution in [0.25, 0.3) is 0 Å². The molecule has 0 amide bonds. The first kappa shape index (κ1) is 14.2. The lowest BCUT2D eigenvalue weighted by Crippen LogP contribution is -2.31. The van der Waals surface area contributed by atoms with Gasteiger partial charge in [0.2, 0.25) is 0 Å². The second kappa shape index (κ2) is 7.41. The molecule has 0 aromatic heterocycles. The van der Waals surface area contributed by atoms with Crippen LogP contribution in [0.2, 0.25) is 0 Å². The Labute approximate surface area is 114 Å². The fraction of sp³-hybridized carbons (Fsp3) is 0.562. The number of benzene rings is 1. The zero-order chi connectivity index (χ0) is 13.5. The number of rotatable bonds is 6. The van der Waals surface area contributed by atoms with Crippen molar-refractivity contribution in [1.29, 1.82) is 0 Å². The van der Waals surface area contributed by atoms with E-state index in [0.29, 0.717) is 26.1 Å². The van der Waals surface area contributed by atoms with Gasteiger partial charge in [-0.25, -0.2) is 0 Å². The van der Waals surface area contributed by atoms with Crippen molar-refractivity contribution >= 4 is 5.78 Å². The highest BCUT2D eigenvalue weighted by atomic mass is 16.5. The third kappa shape index (κ3) is 4.44. The minimum absolute atomic E-state index is 0.158. The quantitative estimate of drug-likeness (QED) is 0.802. The van der Waals surface area contributed by atoms with Gasteiger partial charge in [0, 0.05) is 18.9 Å². The van der Waals surface area contributed by atoms with Crippen LogP contribution in [-0.4, -0.2) is 23.6 Å². The molecule has 0 bridgehead atoms. The van der Waals surface area contributed by atoms with Crippen LogP contribution in [0.4, 0.5) is 0 Å². The fourth-order valence-electron chi connectivity index (χ4n) is 2.59. The monoisotopic (exact) mass is 262 g/mol. The molecular weight excluding hydrogens is 240 g/mol. The lowest BCUT2D eigenvalue weighted by molar-refractivity contribution is -0.129. The fourth-order valence-corrected chi connectivity index (χ4v) is 2.59. The molecule has 1 aliphatic carbocycles. The summed E-state index contributed by atoms with van der Waals surface area (Å²) in [6, 6.07) is 9.96. The molecule has 1 saturated carbocycles. The van der Waals surface area contributed by atoms with Crippen molar-refractivity contribution in [1.82, 2.24) is 0 Å². The van der Waals surface area contributed by atoms with Crippen LogP contribution in [0.1, 0.15) is 37.7 Å². The molecule has 1 aromatic rings. The first-order valence-corrected chi connectivity index (χ1v) is 7.10. The number of carbonyl (C=O) groups is 1. The number of ether oxygens (including phenoxy) is 1. The summed E-state index contributed by atoms with van der Waals surface area (Å²) in [7, 11) is 0. The Balaban J connectivity index is 1.66. The number of hydrogen-bond donors (Lipinski definition) is 1. The van der Waals surface area contributed by atoms with Gasteiger partial charge < -0.3 is 9.84 Å². The lowest BCUT2D eigenvalue weighted by atomic mass is 9.83. The summed E-state index contributed by atoms with van der Waals surface area (Å²) in [5.41, 5.74) is 1.13. The van der Waals surface area contributed by atoms with E-state index >= 15 is 0 Å². The van der Waals surface area contributed by atoms with E-state index < -0.39 is 6.10 Å². The summed E-state index contributed by atoms with van der Waals surface area (Å²) in [5, 5.41) is 10.0. The van der Waals surface area contributed by atoms with Crippen LogP contribution in [0, 0.1) is 5.92 Å². The Morgan fingerprint density at radius 3 is 2.79 bits per heavy atom. The van der Waals surface area contributed by atoms with Gasteiger partial charge in [-0.3, -0.25) is 4.79 Å². The number of Topliss-reactive ketones (excluding diaryl/α,β-unsaturated/α-hetero) is 1. The van der Waals surface area contributed by atoms with Crippen molar-refractivity contribution in [3.05, 3.63) is 35.9 Å². The topological polar surface area (TPSA) is 46.5 Å². The largest absolute Gasteiger partial charge is 0.392 e. The predicted molar refractivity (Wildman–Crippen MR) is 73.7 cm³/mol. The molecule has 0 saturated heterocycles. The van der Waals surface area contributed by atoms with E-state index in [1.807, 2.05) is 30.3 Å². The van der Waals surface area contributed by atoms with Gasteiger partial charge in [-0.05, 0) is 24.8 Å². The van der Waals surface area contributed by atoms with Crippen LogP contribution in [-0.2, 0) is 16.1 Å². The van der Waals surface area contributed by atoms with E-state index in [0.717, 1.165) is 24.8 Å². The summed E-state index contributed by atoms with van der Waals surface area (Å²) in [5.74, 6) is 0.0656. The highest BCUT2D eigenvalue weighted by Gasteiger charge is 2.28. The number of hydrogen-bond acceptors (Lipinski definition) is 3. The van der Waals surface area contributed by atoms with Gasteiger partial charge in [-0.1, -0.05) is 36.8 Å². The van der Waals surface area contributed by atoms with Crippen LogP contribution in [0.15, 0.2) is 30.3 Å². The molecule has 3 heteroatoms. The molecule has 2 rings (SSSR count). The standard InChI is InChI=1S/C16H22O3/c17-15-9-5-4-8-14(15)16(18)10-11-19-12-13-6-2-1-3-7-13/h1-3,6-7,14,16,18H,4-5,8-12H2/t14-,16+/m1/s1. The minimum atomic E-state index is -0.538. The average Bonchev–Trinajstić information content (AvgIpc) is 2.45. The highest BCUT2D eigenvalue weighted by Crippen LogP contribution is 2.24. The molecule has 0 heterocycles. The third-order valence-corrected chi connectivity index (χ3v) is 3.74. The van der Waals surface area contributed by atoms with E-state index in [1.165, 1.54) is 0 Å². The first-order valence-electron chi connectivity index (χ1n) is 7.10. The number of aliphatic hydroxyl groups is 1. The van der Waals surface area contributed by atoms with Gasteiger partial charge in [-0.15, -0.1) is 0 Å². The molecule has 2 atom stereocenters. The third-order valence-electron chi connectivity index (χ3n) is 3.74. The smallest absolute Gasteiger partial charge is 0.138 e. The summed E-state index contributed by atoms with van der Waals surface area (Å²) in [4.78, 5) is 11.7. The van der Waals surface area contributed by atoms with E-state index in [4.69, 9.17) is 4.74 Å². The average molecular weight is 262 g/mol. The molecular formula is C16H22O3. The van der Waals surface area contributed by atoms with Crippen molar-refractivity contribution in [3.63, 3.8) is 0 Å². The van der Waals surface area contributed by atoms with Crippen LogP contribution in [0.5, 0.6) is 0 Å². The van der Waals surface area contributed by atoms with Crippen LogP contribution in [0.3, 0.4) is 0 Å². The summed E-state index contributed by atoms with van der Waals surface area (Å²) in [6.07, 6.45) is 3.50. The zero-order valence-electron chi connectivity index (χ0n) is 11.3. The van der Waals surface area contributed by atoms with Gasteiger partial charge in [-0.2, -0.15) is 0 Å². The Hall–Kier alpha value is -1.19. The molecule has 3 nitrogen and oxygen atoms in total. The first-order chi connectivity index (χ1) is 9.27. The molecule has 104 valence electrons. The van der Waals surface area contributed by atoms with Crippen molar-refractivity contribution < 1.29 is 14.6 Å². The second-order valence-corrected chi connectivity index (χ2v) is 5.21. The summed E-state index contributed by atoms with van der Waals surface area (Å²) in [6.45, 7) is 1.06. The molecule has 0 unspecified atom stereocenters. The van der Waals surface area contributed by atoms with Gasteiger partial charge in [0.1, 0.15) is 5.78 Å². The van der Waals surface area contributed by atoms with E-state index in [9.17, 15) is 9.90 Å². The van der Waals surface area contributed by atoms with Crippen molar-refractivity contribution in [2.75, 3.05) is 6.61 Å². The maximum Gasteiger partial charge on any atom is 0.138 e. The van der Waals surface area contributed by atoms with E-state index in [1.54, 1.807) is 0 Å². The van der Waals surface area contributed by atoms with Crippen LogP contribution < -0.4 is 0 Å².